The first-order valence-corrected chi connectivity index (χ1v) is 4.49. The number of nitrogen functional groups attached to an aromatic ring is 1. The van der Waals surface area contributed by atoms with E-state index in [2.05, 4.69) is 0 Å². The third kappa shape index (κ3) is 2.71. The van der Waals surface area contributed by atoms with Crippen molar-refractivity contribution in [3.8, 4) is 0 Å². The number of hydrogen-bond acceptors (Lipinski definition) is 5. The van der Waals surface area contributed by atoms with Gasteiger partial charge in [0.05, 0.1) is 12.2 Å². The fourth-order valence-corrected chi connectivity index (χ4v) is 1.15. The second-order valence-corrected chi connectivity index (χ2v) is 2.94. The Balaban J connectivity index is 2.96. The van der Waals surface area contributed by atoms with E-state index in [4.69, 9.17) is 20.5 Å². The van der Waals surface area contributed by atoms with E-state index in [9.17, 15) is 4.79 Å². The molecule has 0 aromatic heterocycles. The number of carbonyl (C=O) groups excluding carboxylic acids is 1. The second-order valence-electron chi connectivity index (χ2n) is 2.94. The zero-order chi connectivity index (χ0) is 11.4. The highest BCUT2D eigenvalue weighted by Gasteiger charge is 2.16. The third-order valence-corrected chi connectivity index (χ3v) is 1.88. The minimum atomic E-state index is -1.64. The van der Waals surface area contributed by atoms with Crippen molar-refractivity contribution in [2.75, 3.05) is 12.3 Å². The summed E-state index contributed by atoms with van der Waals surface area (Å²) in [6, 6.07) is 4.17. The quantitative estimate of drug-likeness (QED) is 0.341. The highest BCUT2D eigenvalue weighted by atomic mass is 16.5. The summed E-state index contributed by atoms with van der Waals surface area (Å²) in [5, 5.41) is 17.8. The van der Waals surface area contributed by atoms with Crippen LogP contribution in [0.2, 0.25) is 0 Å². The topological polar surface area (TPSA) is 92.8 Å². The van der Waals surface area contributed by atoms with Gasteiger partial charge in [-0.2, -0.15) is 0 Å². The summed E-state index contributed by atoms with van der Waals surface area (Å²) >= 11 is 0. The van der Waals surface area contributed by atoms with Crippen LogP contribution in [0.15, 0.2) is 18.2 Å². The minimum Gasteiger partial charge on any atom is -0.462 e. The van der Waals surface area contributed by atoms with Crippen molar-refractivity contribution in [2.45, 2.75) is 6.92 Å². The Morgan fingerprint density at radius 1 is 1.53 bits per heavy atom. The van der Waals surface area contributed by atoms with Gasteiger partial charge in [-0.1, -0.05) is 6.07 Å². The fraction of sp³-hybridized carbons (Fsp3) is 0.222. The van der Waals surface area contributed by atoms with E-state index in [1.807, 2.05) is 0 Å². The van der Waals surface area contributed by atoms with Crippen LogP contribution in [0.5, 0.6) is 0 Å². The number of anilines is 1. The lowest BCUT2D eigenvalue weighted by Crippen LogP contribution is -2.32. The molecule has 0 unspecified atom stereocenters. The van der Waals surface area contributed by atoms with Crippen LogP contribution in [-0.4, -0.2) is 29.7 Å². The van der Waals surface area contributed by atoms with Gasteiger partial charge in [-0.3, -0.25) is 0 Å². The average Bonchev–Trinajstić information content (AvgIpc) is 2.17. The molecule has 0 spiro atoms. The predicted octanol–water partition coefficient (Wildman–Crippen LogP) is -0.875. The standard InChI is InChI=1S/C9H12BNO4/c1-2-15-9(12)6-3-4-7(10(13)14)8(11)5-6/h3-5,13-14H,2,11H2,1H3. The van der Waals surface area contributed by atoms with Crippen molar-refractivity contribution >= 4 is 24.2 Å². The van der Waals surface area contributed by atoms with Gasteiger partial charge < -0.3 is 20.5 Å². The molecule has 6 heteroatoms. The molecule has 1 aromatic rings. The summed E-state index contributed by atoms with van der Waals surface area (Å²) in [5.74, 6) is -0.483. The van der Waals surface area contributed by atoms with E-state index in [-0.39, 0.29) is 17.8 Å². The lowest BCUT2D eigenvalue weighted by molar-refractivity contribution is 0.0526. The first-order chi connectivity index (χ1) is 7.06. The fourth-order valence-electron chi connectivity index (χ4n) is 1.15. The van der Waals surface area contributed by atoms with E-state index in [1.165, 1.54) is 18.2 Å². The summed E-state index contributed by atoms with van der Waals surface area (Å²) in [4.78, 5) is 11.3. The normalized spacial score (nSPS) is 9.80. The van der Waals surface area contributed by atoms with Gasteiger partial charge in [0.2, 0.25) is 0 Å². The van der Waals surface area contributed by atoms with Crippen LogP contribution in [0.25, 0.3) is 0 Å². The average molecular weight is 209 g/mol. The maximum absolute atomic E-state index is 11.3. The molecule has 80 valence electrons. The first kappa shape index (κ1) is 11.5. The van der Waals surface area contributed by atoms with E-state index in [0.717, 1.165) is 0 Å². The molecule has 0 saturated heterocycles. The lowest BCUT2D eigenvalue weighted by Gasteiger charge is -2.06. The number of esters is 1. The van der Waals surface area contributed by atoms with E-state index >= 15 is 0 Å². The Hall–Kier alpha value is -1.53. The molecule has 4 N–H and O–H groups in total. The number of benzene rings is 1. The monoisotopic (exact) mass is 209 g/mol. The van der Waals surface area contributed by atoms with Crippen molar-refractivity contribution in [2.24, 2.45) is 0 Å². The van der Waals surface area contributed by atoms with Crippen LogP contribution < -0.4 is 11.2 Å². The summed E-state index contributed by atoms with van der Waals surface area (Å²) in [5.41, 5.74) is 6.14. The zero-order valence-electron chi connectivity index (χ0n) is 8.30. The van der Waals surface area contributed by atoms with E-state index < -0.39 is 13.1 Å². The molecule has 0 amide bonds. The van der Waals surface area contributed by atoms with E-state index in [0.29, 0.717) is 5.56 Å². The Morgan fingerprint density at radius 2 is 2.20 bits per heavy atom. The summed E-state index contributed by atoms with van der Waals surface area (Å²) in [7, 11) is -1.64. The van der Waals surface area contributed by atoms with Crippen LogP contribution in [0.1, 0.15) is 17.3 Å². The van der Waals surface area contributed by atoms with Crippen LogP contribution in [0.3, 0.4) is 0 Å². The minimum absolute atomic E-state index is 0.149. The molecule has 0 heterocycles. The van der Waals surface area contributed by atoms with Gasteiger partial charge in [-0.05, 0) is 19.1 Å². The molecule has 0 radical (unpaired) electrons. The zero-order valence-corrected chi connectivity index (χ0v) is 8.30. The predicted molar refractivity (Wildman–Crippen MR) is 56.6 cm³/mol. The van der Waals surface area contributed by atoms with Crippen LogP contribution >= 0.6 is 0 Å². The second kappa shape index (κ2) is 4.81. The van der Waals surface area contributed by atoms with Gasteiger partial charge in [0.15, 0.2) is 0 Å². The number of hydrogen-bond donors (Lipinski definition) is 3. The number of ether oxygens (including phenoxy) is 1. The molecule has 0 bridgehead atoms. The molecular formula is C9H12BNO4. The summed E-state index contributed by atoms with van der Waals surface area (Å²) in [6.07, 6.45) is 0. The van der Waals surface area contributed by atoms with Gasteiger partial charge in [0, 0.05) is 11.2 Å². The molecule has 0 aliphatic carbocycles. The van der Waals surface area contributed by atoms with Crippen molar-refractivity contribution in [1.82, 2.24) is 0 Å². The van der Waals surface area contributed by atoms with Crippen molar-refractivity contribution in [1.29, 1.82) is 0 Å². The van der Waals surface area contributed by atoms with Gasteiger partial charge in [-0.15, -0.1) is 0 Å². The molecule has 15 heavy (non-hydrogen) atoms. The summed E-state index contributed by atoms with van der Waals surface area (Å²) < 4.78 is 4.76. The van der Waals surface area contributed by atoms with Crippen molar-refractivity contribution < 1.29 is 19.6 Å². The Bertz CT molecular complexity index is 367. The first-order valence-electron chi connectivity index (χ1n) is 4.49. The maximum atomic E-state index is 11.3. The van der Waals surface area contributed by atoms with Crippen molar-refractivity contribution in [3.05, 3.63) is 23.8 Å². The number of rotatable bonds is 3. The Labute approximate surface area is 87.6 Å². The summed E-state index contributed by atoms with van der Waals surface area (Å²) in [6.45, 7) is 1.98. The van der Waals surface area contributed by atoms with Crippen molar-refractivity contribution in [3.63, 3.8) is 0 Å². The molecule has 0 saturated carbocycles. The molecule has 0 aliphatic rings. The highest BCUT2D eigenvalue weighted by molar-refractivity contribution is 6.60. The number of nitrogens with two attached hydrogens (primary N) is 1. The molecule has 0 aliphatic heterocycles. The highest BCUT2D eigenvalue weighted by Crippen LogP contribution is 2.06. The number of carbonyl (C=O) groups is 1. The molecule has 0 atom stereocenters. The van der Waals surface area contributed by atoms with E-state index in [1.54, 1.807) is 6.92 Å². The Kier molecular flexibility index (Phi) is 3.71. The lowest BCUT2D eigenvalue weighted by atomic mass is 9.78. The molecule has 0 fully saturated rings. The van der Waals surface area contributed by atoms with Gasteiger partial charge in [0.1, 0.15) is 0 Å². The largest absolute Gasteiger partial charge is 0.490 e. The molecule has 1 aromatic carbocycles. The SMILES string of the molecule is CCOC(=O)c1ccc(B(O)O)c(N)c1. The molecule has 1 rings (SSSR count). The molecule has 5 nitrogen and oxygen atoms in total. The maximum Gasteiger partial charge on any atom is 0.490 e. The smallest absolute Gasteiger partial charge is 0.462 e. The van der Waals surface area contributed by atoms with Gasteiger partial charge >= 0.3 is 13.1 Å². The van der Waals surface area contributed by atoms with Gasteiger partial charge in [0.25, 0.3) is 0 Å². The van der Waals surface area contributed by atoms with Crippen LogP contribution in [0, 0.1) is 0 Å². The van der Waals surface area contributed by atoms with Crippen LogP contribution in [0.4, 0.5) is 5.69 Å². The Morgan fingerprint density at radius 3 is 2.67 bits per heavy atom. The molecular weight excluding hydrogens is 197 g/mol. The third-order valence-electron chi connectivity index (χ3n) is 1.88. The van der Waals surface area contributed by atoms with Gasteiger partial charge in [-0.25, -0.2) is 4.79 Å². The van der Waals surface area contributed by atoms with Crippen LogP contribution in [-0.2, 0) is 4.74 Å².